The van der Waals surface area contributed by atoms with Crippen LogP contribution in [0.3, 0.4) is 0 Å². The molecule has 0 aromatic heterocycles. The van der Waals surface area contributed by atoms with Crippen molar-refractivity contribution in [3.8, 4) is 16.9 Å². The summed E-state index contributed by atoms with van der Waals surface area (Å²) in [6.45, 7) is 12.0. The molecular formula is C22H26F3NO2. The van der Waals surface area contributed by atoms with E-state index in [4.69, 9.17) is 0 Å². The molecular weight excluding hydrogens is 367 g/mol. The van der Waals surface area contributed by atoms with Crippen molar-refractivity contribution >= 4 is 11.6 Å². The van der Waals surface area contributed by atoms with Crippen molar-refractivity contribution in [3.63, 3.8) is 0 Å². The number of alkyl halides is 3. The first kappa shape index (κ1) is 21.8. The topological polar surface area (TPSA) is 49.3 Å². The maximum atomic E-state index is 12.4. The van der Waals surface area contributed by atoms with Gasteiger partial charge in [0.25, 0.3) is 0 Å². The third kappa shape index (κ3) is 4.86. The van der Waals surface area contributed by atoms with Gasteiger partial charge in [0.2, 0.25) is 0 Å². The van der Waals surface area contributed by atoms with E-state index in [0.717, 1.165) is 22.3 Å². The van der Waals surface area contributed by atoms with E-state index in [0.29, 0.717) is 0 Å². The smallest absolute Gasteiger partial charge is 0.471 e. The van der Waals surface area contributed by atoms with E-state index in [-0.39, 0.29) is 22.3 Å². The second-order valence-corrected chi connectivity index (χ2v) is 8.95. The molecule has 0 fully saturated rings. The molecule has 0 atom stereocenters. The molecule has 0 unspecified atom stereocenters. The molecule has 0 radical (unpaired) electrons. The minimum atomic E-state index is -4.93. The fraction of sp³-hybridized carbons (Fsp3) is 0.409. The number of amides is 1. The SMILES string of the molecule is CC(C)(C)c1cc(-c2ccc(NC(=O)C(F)(F)F)cc2)cc(C(C)(C)C)c1O. The Hall–Kier alpha value is -2.50. The average molecular weight is 393 g/mol. The normalized spacial score (nSPS) is 12.8. The number of hydrogen-bond acceptors (Lipinski definition) is 2. The first-order valence-electron chi connectivity index (χ1n) is 8.97. The minimum absolute atomic E-state index is 0.0666. The van der Waals surface area contributed by atoms with Gasteiger partial charge in [0.1, 0.15) is 5.75 Å². The third-order valence-electron chi connectivity index (χ3n) is 4.46. The summed E-state index contributed by atoms with van der Waals surface area (Å²) in [4.78, 5) is 11.1. The highest BCUT2D eigenvalue weighted by Crippen LogP contribution is 2.42. The number of aromatic hydroxyl groups is 1. The summed E-state index contributed by atoms with van der Waals surface area (Å²) in [5.41, 5.74) is 2.70. The number of hydrogen-bond donors (Lipinski definition) is 2. The van der Waals surface area contributed by atoms with Crippen LogP contribution in [0.25, 0.3) is 11.1 Å². The van der Waals surface area contributed by atoms with Gasteiger partial charge in [-0.05, 0) is 46.2 Å². The van der Waals surface area contributed by atoms with Gasteiger partial charge in [-0.1, -0.05) is 53.7 Å². The molecule has 6 heteroatoms. The van der Waals surface area contributed by atoms with Gasteiger partial charge in [-0.3, -0.25) is 4.79 Å². The lowest BCUT2D eigenvalue weighted by atomic mass is 9.78. The first-order valence-corrected chi connectivity index (χ1v) is 8.97. The summed E-state index contributed by atoms with van der Waals surface area (Å²) in [7, 11) is 0. The van der Waals surface area contributed by atoms with Gasteiger partial charge in [0, 0.05) is 16.8 Å². The monoisotopic (exact) mass is 393 g/mol. The molecule has 0 saturated carbocycles. The van der Waals surface area contributed by atoms with Crippen molar-refractivity contribution in [2.45, 2.75) is 58.5 Å². The number of benzene rings is 2. The van der Waals surface area contributed by atoms with Crippen LogP contribution < -0.4 is 5.32 Å². The predicted octanol–water partition coefficient (Wildman–Crippen LogP) is 6.16. The van der Waals surface area contributed by atoms with Gasteiger partial charge in [0.15, 0.2) is 0 Å². The van der Waals surface area contributed by atoms with Crippen LogP contribution in [-0.4, -0.2) is 17.2 Å². The third-order valence-corrected chi connectivity index (χ3v) is 4.46. The Bertz CT molecular complexity index is 836. The Balaban J connectivity index is 2.49. The van der Waals surface area contributed by atoms with Gasteiger partial charge in [-0.2, -0.15) is 13.2 Å². The number of carbonyl (C=O) groups is 1. The summed E-state index contributed by atoms with van der Waals surface area (Å²) >= 11 is 0. The largest absolute Gasteiger partial charge is 0.507 e. The average Bonchev–Trinajstić information content (AvgIpc) is 2.52. The van der Waals surface area contributed by atoms with Crippen LogP contribution >= 0.6 is 0 Å². The van der Waals surface area contributed by atoms with E-state index >= 15 is 0 Å². The Kier molecular flexibility index (Phi) is 5.57. The van der Waals surface area contributed by atoms with Gasteiger partial charge < -0.3 is 10.4 Å². The van der Waals surface area contributed by atoms with Gasteiger partial charge in [-0.25, -0.2) is 0 Å². The number of phenols is 1. The molecule has 2 N–H and O–H groups in total. The molecule has 0 saturated heterocycles. The summed E-state index contributed by atoms with van der Waals surface area (Å²) in [5, 5.41) is 12.6. The van der Waals surface area contributed by atoms with E-state index in [9.17, 15) is 23.1 Å². The number of nitrogens with one attached hydrogen (secondary N) is 1. The van der Waals surface area contributed by atoms with Crippen LogP contribution in [0.4, 0.5) is 18.9 Å². The van der Waals surface area contributed by atoms with E-state index in [2.05, 4.69) is 0 Å². The van der Waals surface area contributed by atoms with Crippen molar-refractivity contribution in [3.05, 3.63) is 47.5 Å². The molecule has 2 aromatic carbocycles. The zero-order valence-corrected chi connectivity index (χ0v) is 17.0. The molecule has 2 rings (SSSR count). The molecule has 2 aromatic rings. The van der Waals surface area contributed by atoms with E-state index in [1.807, 2.05) is 59.0 Å². The number of halogens is 3. The Morgan fingerprint density at radius 1 is 0.821 bits per heavy atom. The highest BCUT2D eigenvalue weighted by atomic mass is 19.4. The lowest BCUT2D eigenvalue weighted by molar-refractivity contribution is -0.167. The highest BCUT2D eigenvalue weighted by Gasteiger charge is 2.38. The second kappa shape index (κ2) is 7.15. The molecule has 152 valence electrons. The number of phenolic OH excluding ortho intramolecular Hbond substituents is 1. The maximum absolute atomic E-state index is 12.4. The summed E-state index contributed by atoms with van der Waals surface area (Å²) < 4.78 is 37.2. The van der Waals surface area contributed by atoms with Crippen LogP contribution in [0.1, 0.15) is 52.7 Å². The Morgan fingerprint density at radius 2 is 1.25 bits per heavy atom. The van der Waals surface area contributed by atoms with E-state index in [1.54, 1.807) is 12.1 Å². The number of rotatable bonds is 2. The Labute approximate surface area is 163 Å². The van der Waals surface area contributed by atoms with Crippen LogP contribution in [-0.2, 0) is 15.6 Å². The van der Waals surface area contributed by atoms with Crippen LogP contribution in [0, 0.1) is 0 Å². The van der Waals surface area contributed by atoms with Crippen LogP contribution in [0.5, 0.6) is 5.75 Å². The van der Waals surface area contributed by atoms with Crippen LogP contribution in [0.2, 0.25) is 0 Å². The van der Waals surface area contributed by atoms with Gasteiger partial charge >= 0.3 is 12.1 Å². The number of anilines is 1. The molecule has 0 spiro atoms. The lowest BCUT2D eigenvalue weighted by Crippen LogP contribution is -2.29. The molecule has 0 heterocycles. The van der Waals surface area contributed by atoms with E-state index < -0.39 is 12.1 Å². The van der Waals surface area contributed by atoms with Crippen LogP contribution in [0.15, 0.2) is 36.4 Å². The zero-order valence-electron chi connectivity index (χ0n) is 17.0. The first-order chi connectivity index (χ1) is 12.6. The fourth-order valence-corrected chi connectivity index (χ4v) is 2.89. The fourth-order valence-electron chi connectivity index (χ4n) is 2.89. The van der Waals surface area contributed by atoms with Crippen molar-refractivity contribution in [1.29, 1.82) is 0 Å². The molecule has 0 bridgehead atoms. The maximum Gasteiger partial charge on any atom is 0.471 e. The minimum Gasteiger partial charge on any atom is -0.507 e. The second-order valence-electron chi connectivity index (χ2n) is 8.95. The van der Waals surface area contributed by atoms with Crippen molar-refractivity contribution in [1.82, 2.24) is 0 Å². The Morgan fingerprint density at radius 3 is 1.61 bits per heavy atom. The van der Waals surface area contributed by atoms with Crippen molar-refractivity contribution < 1.29 is 23.1 Å². The quantitative estimate of drug-likeness (QED) is 0.642. The summed E-state index contributed by atoms with van der Waals surface area (Å²) in [6.07, 6.45) is -4.93. The highest BCUT2D eigenvalue weighted by molar-refractivity contribution is 5.95. The summed E-state index contributed by atoms with van der Waals surface area (Å²) in [5.74, 6) is -1.74. The van der Waals surface area contributed by atoms with Crippen molar-refractivity contribution in [2.75, 3.05) is 5.32 Å². The molecule has 0 aliphatic carbocycles. The standard InChI is InChI=1S/C22H26F3NO2/c1-20(2,3)16-11-14(12-17(18(16)27)21(4,5)6)13-7-9-15(10-8-13)26-19(28)22(23,24)25/h7-12,27H,1-6H3,(H,26,28). The van der Waals surface area contributed by atoms with Crippen molar-refractivity contribution in [2.24, 2.45) is 0 Å². The van der Waals surface area contributed by atoms with E-state index in [1.165, 1.54) is 12.1 Å². The lowest BCUT2D eigenvalue weighted by Gasteiger charge is -2.28. The van der Waals surface area contributed by atoms with Gasteiger partial charge in [0.05, 0.1) is 0 Å². The van der Waals surface area contributed by atoms with Gasteiger partial charge in [-0.15, -0.1) is 0 Å². The molecule has 0 aliphatic rings. The predicted molar refractivity (Wildman–Crippen MR) is 106 cm³/mol. The molecule has 1 amide bonds. The molecule has 28 heavy (non-hydrogen) atoms. The summed E-state index contributed by atoms with van der Waals surface area (Å²) in [6, 6.07) is 9.95. The molecule has 3 nitrogen and oxygen atoms in total. The molecule has 0 aliphatic heterocycles. The number of carbonyl (C=O) groups excluding carboxylic acids is 1. The zero-order chi connectivity index (χ0) is 21.5.